The second kappa shape index (κ2) is 7.28. The minimum atomic E-state index is -0.879. The molecule has 1 aromatic carbocycles. The highest BCUT2D eigenvalue weighted by atomic mass is 36.0. The van der Waals surface area contributed by atoms with E-state index in [1.807, 2.05) is 0 Å². The van der Waals surface area contributed by atoms with Crippen LogP contribution < -0.4 is 0 Å². The summed E-state index contributed by atoms with van der Waals surface area (Å²) in [7, 11) is 10.1. The molecular weight excluding hydrogens is 219 g/mol. The Balaban J connectivity index is 0.000000354. The van der Waals surface area contributed by atoms with Crippen molar-refractivity contribution in [2.24, 2.45) is 0 Å². The van der Waals surface area contributed by atoms with Crippen molar-refractivity contribution in [3.8, 4) is 0 Å². The minimum absolute atomic E-state index is 0.331. The highest BCUT2D eigenvalue weighted by molar-refractivity contribution is 8.38. The number of hydrogen-bond donors (Lipinski definition) is 1. The Kier molecular flexibility index (Phi) is 7.05. The van der Waals surface area contributed by atoms with Crippen molar-refractivity contribution in [2.75, 3.05) is 0 Å². The third kappa shape index (κ3) is 5.29. The van der Waals surface area contributed by atoms with Gasteiger partial charge in [0.1, 0.15) is 0 Å². The molecular formula is C7H6Cl2O2S. The summed E-state index contributed by atoms with van der Waals surface area (Å²) in [6.45, 7) is 0. The van der Waals surface area contributed by atoms with Gasteiger partial charge in [-0.05, 0) is 33.5 Å². The minimum Gasteiger partial charge on any atom is -0.478 e. The van der Waals surface area contributed by atoms with E-state index in [9.17, 15) is 4.79 Å². The van der Waals surface area contributed by atoms with Crippen LogP contribution in [0.15, 0.2) is 30.3 Å². The number of carbonyl (C=O) groups is 1. The van der Waals surface area contributed by atoms with Gasteiger partial charge in [0.05, 0.1) is 15.8 Å². The van der Waals surface area contributed by atoms with Crippen LogP contribution in [0.3, 0.4) is 0 Å². The first kappa shape index (κ1) is 11.6. The Morgan fingerprint density at radius 2 is 1.67 bits per heavy atom. The van der Waals surface area contributed by atoms with Gasteiger partial charge in [0.25, 0.3) is 0 Å². The maximum Gasteiger partial charge on any atom is 0.335 e. The molecule has 0 aliphatic carbocycles. The molecule has 0 fully saturated rings. The zero-order valence-electron chi connectivity index (χ0n) is 5.91. The SMILES string of the molecule is ClSCl.O=C(O)c1ccccc1. The lowest BCUT2D eigenvalue weighted by atomic mass is 10.2. The normalized spacial score (nSPS) is 8.17. The molecule has 0 radical (unpaired) electrons. The summed E-state index contributed by atoms with van der Waals surface area (Å²) < 4.78 is 0. The maximum atomic E-state index is 10.2. The van der Waals surface area contributed by atoms with Crippen molar-refractivity contribution >= 4 is 37.5 Å². The molecule has 0 saturated carbocycles. The lowest BCUT2D eigenvalue weighted by molar-refractivity contribution is 0.0697. The summed E-state index contributed by atoms with van der Waals surface area (Å²) in [5.41, 5.74) is 0.331. The van der Waals surface area contributed by atoms with Gasteiger partial charge in [0.15, 0.2) is 0 Å². The van der Waals surface area contributed by atoms with Gasteiger partial charge in [-0.25, -0.2) is 4.79 Å². The number of carboxylic acid groups (broad SMARTS) is 1. The predicted molar refractivity (Wildman–Crippen MR) is 52.7 cm³/mol. The summed E-state index contributed by atoms with van der Waals surface area (Å²) >= 11 is 0. The number of halogens is 2. The summed E-state index contributed by atoms with van der Waals surface area (Å²) in [4.78, 5) is 10.2. The fourth-order valence-electron chi connectivity index (χ4n) is 0.581. The van der Waals surface area contributed by atoms with E-state index in [-0.39, 0.29) is 0 Å². The third-order valence-corrected chi connectivity index (χ3v) is 1.02. The molecule has 5 heteroatoms. The molecule has 0 heterocycles. The van der Waals surface area contributed by atoms with E-state index >= 15 is 0 Å². The van der Waals surface area contributed by atoms with E-state index in [4.69, 9.17) is 5.11 Å². The van der Waals surface area contributed by atoms with Crippen LogP contribution in [0.4, 0.5) is 0 Å². The van der Waals surface area contributed by atoms with Gasteiger partial charge in [-0.3, -0.25) is 0 Å². The van der Waals surface area contributed by atoms with E-state index < -0.39 is 5.97 Å². The first-order chi connectivity index (χ1) is 5.72. The Hall–Kier alpha value is -0.380. The Morgan fingerprint density at radius 1 is 1.25 bits per heavy atom. The average molecular weight is 225 g/mol. The zero-order chi connectivity index (χ0) is 9.40. The van der Waals surface area contributed by atoms with Crippen LogP contribution in [-0.2, 0) is 0 Å². The molecule has 0 spiro atoms. The van der Waals surface area contributed by atoms with Crippen molar-refractivity contribution < 1.29 is 9.90 Å². The fraction of sp³-hybridized carbons (Fsp3) is 0. The molecule has 0 bridgehead atoms. The number of rotatable bonds is 1. The van der Waals surface area contributed by atoms with Crippen LogP contribution in [0.2, 0.25) is 0 Å². The van der Waals surface area contributed by atoms with Crippen LogP contribution in [0.1, 0.15) is 10.4 Å². The molecule has 2 nitrogen and oxygen atoms in total. The van der Waals surface area contributed by atoms with Gasteiger partial charge in [-0.15, -0.1) is 0 Å². The molecule has 0 amide bonds. The van der Waals surface area contributed by atoms with E-state index in [1.54, 1.807) is 30.3 Å². The number of hydrogen-bond acceptors (Lipinski definition) is 2. The van der Waals surface area contributed by atoms with Gasteiger partial charge in [-0.2, -0.15) is 0 Å². The summed E-state index contributed by atoms with van der Waals surface area (Å²) in [6, 6.07) is 8.30. The average Bonchev–Trinajstić information content (AvgIpc) is 2.07. The van der Waals surface area contributed by atoms with Crippen molar-refractivity contribution in [1.29, 1.82) is 0 Å². The summed E-state index contributed by atoms with van der Waals surface area (Å²) in [5, 5.41) is 8.38. The van der Waals surface area contributed by atoms with Crippen molar-refractivity contribution in [3.63, 3.8) is 0 Å². The smallest absolute Gasteiger partial charge is 0.335 e. The summed E-state index contributed by atoms with van der Waals surface area (Å²) in [5.74, 6) is -0.879. The first-order valence-electron chi connectivity index (χ1n) is 2.90. The quantitative estimate of drug-likeness (QED) is 0.795. The molecule has 0 aliphatic heterocycles. The van der Waals surface area contributed by atoms with E-state index in [0.717, 1.165) is 0 Å². The molecule has 0 saturated heterocycles. The molecule has 0 atom stereocenters. The Morgan fingerprint density at radius 3 is 1.92 bits per heavy atom. The van der Waals surface area contributed by atoms with Gasteiger partial charge >= 0.3 is 5.97 Å². The molecule has 1 rings (SSSR count). The lowest BCUT2D eigenvalue weighted by Crippen LogP contribution is -1.93. The standard InChI is InChI=1S/C7H6O2.Cl2S/c8-7(9)6-4-2-1-3-5-6;1-3-2/h1-5H,(H,8,9);. The number of benzene rings is 1. The van der Waals surface area contributed by atoms with Crippen molar-refractivity contribution in [1.82, 2.24) is 0 Å². The van der Waals surface area contributed by atoms with Crippen LogP contribution in [0, 0.1) is 0 Å². The maximum absolute atomic E-state index is 10.2. The van der Waals surface area contributed by atoms with Crippen LogP contribution in [-0.4, -0.2) is 11.1 Å². The second-order valence-electron chi connectivity index (χ2n) is 1.73. The van der Waals surface area contributed by atoms with E-state index in [1.165, 1.54) is 0 Å². The monoisotopic (exact) mass is 224 g/mol. The molecule has 12 heavy (non-hydrogen) atoms. The zero-order valence-corrected chi connectivity index (χ0v) is 8.23. The first-order valence-corrected chi connectivity index (χ1v) is 5.37. The largest absolute Gasteiger partial charge is 0.478 e. The van der Waals surface area contributed by atoms with Gasteiger partial charge in [-0.1, -0.05) is 18.2 Å². The second-order valence-corrected chi connectivity index (χ2v) is 3.25. The Labute approximate surface area is 83.5 Å². The topological polar surface area (TPSA) is 37.3 Å². The molecule has 1 aromatic rings. The Bertz CT molecular complexity index is 228. The third-order valence-electron chi connectivity index (χ3n) is 1.02. The van der Waals surface area contributed by atoms with Crippen LogP contribution >= 0.6 is 31.6 Å². The highest BCUT2D eigenvalue weighted by Crippen LogP contribution is 2.08. The number of carboxylic acids is 1. The summed E-state index contributed by atoms with van der Waals surface area (Å²) in [6.07, 6.45) is 0. The fourth-order valence-corrected chi connectivity index (χ4v) is 0.581. The van der Waals surface area contributed by atoms with Crippen molar-refractivity contribution in [2.45, 2.75) is 0 Å². The molecule has 0 aromatic heterocycles. The molecule has 1 N–H and O–H groups in total. The highest BCUT2D eigenvalue weighted by Gasteiger charge is 1.96. The molecule has 0 unspecified atom stereocenters. The molecule has 66 valence electrons. The molecule has 0 aliphatic rings. The van der Waals surface area contributed by atoms with Crippen molar-refractivity contribution in [3.05, 3.63) is 35.9 Å². The van der Waals surface area contributed by atoms with Gasteiger partial charge < -0.3 is 5.11 Å². The predicted octanol–water partition coefficient (Wildman–Crippen LogP) is 3.41. The lowest BCUT2D eigenvalue weighted by Gasteiger charge is -1.88. The van der Waals surface area contributed by atoms with Crippen LogP contribution in [0.5, 0.6) is 0 Å². The van der Waals surface area contributed by atoms with E-state index in [2.05, 4.69) is 21.4 Å². The van der Waals surface area contributed by atoms with Gasteiger partial charge in [0.2, 0.25) is 0 Å². The van der Waals surface area contributed by atoms with Crippen LogP contribution in [0.25, 0.3) is 0 Å². The number of aromatic carboxylic acids is 1. The van der Waals surface area contributed by atoms with E-state index in [0.29, 0.717) is 15.8 Å². The van der Waals surface area contributed by atoms with Gasteiger partial charge in [0, 0.05) is 0 Å².